The van der Waals surface area contributed by atoms with Crippen LogP contribution in [0.3, 0.4) is 0 Å². The fourth-order valence-electron chi connectivity index (χ4n) is 1.87. The zero-order valence-corrected chi connectivity index (χ0v) is 12.0. The largest absolute Gasteiger partial charge is 0.508 e. The summed E-state index contributed by atoms with van der Waals surface area (Å²) in [4.78, 5) is 3.60. The molecule has 0 amide bonds. The zero-order valence-electron chi connectivity index (χ0n) is 10.4. The SMILES string of the molecule is CCC(Nc1ccc(F)nc1)c1cc(Br)ccc1O. The lowest BCUT2D eigenvalue weighted by molar-refractivity contribution is 0.462. The summed E-state index contributed by atoms with van der Waals surface area (Å²) in [5, 5.41) is 13.2. The Bertz CT molecular complexity index is 560. The maximum atomic E-state index is 12.8. The number of aromatic hydroxyl groups is 1. The quantitative estimate of drug-likeness (QED) is 0.826. The van der Waals surface area contributed by atoms with E-state index in [0.29, 0.717) is 5.69 Å². The van der Waals surface area contributed by atoms with Crippen LogP contribution in [0.15, 0.2) is 41.0 Å². The number of hydrogen-bond acceptors (Lipinski definition) is 3. The van der Waals surface area contributed by atoms with E-state index < -0.39 is 5.95 Å². The first kappa shape index (κ1) is 13.8. The number of phenols is 1. The molecule has 2 N–H and O–H groups in total. The van der Waals surface area contributed by atoms with Crippen molar-refractivity contribution in [2.75, 3.05) is 5.32 Å². The van der Waals surface area contributed by atoms with Crippen molar-refractivity contribution in [3.05, 3.63) is 52.5 Å². The Morgan fingerprint density at radius 3 is 2.79 bits per heavy atom. The van der Waals surface area contributed by atoms with Crippen LogP contribution in [0.2, 0.25) is 0 Å². The lowest BCUT2D eigenvalue weighted by Crippen LogP contribution is -2.10. The van der Waals surface area contributed by atoms with E-state index in [2.05, 4.69) is 26.2 Å². The molecule has 0 saturated carbocycles. The van der Waals surface area contributed by atoms with E-state index in [1.54, 1.807) is 18.2 Å². The molecule has 3 nitrogen and oxygen atoms in total. The van der Waals surface area contributed by atoms with Gasteiger partial charge in [-0.25, -0.2) is 4.98 Å². The van der Waals surface area contributed by atoms with Crippen LogP contribution in [0.1, 0.15) is 24.9 Å². The van der Waals surface area contributed by atoms with E-state index in [1.165, 1.54) is 12.3 Å². The molecule has 0 aliphatic rings. The van der Waals surface area contributed by atoms with Gasteiger partial charge in [-0.15, -0.1) is 0 Å². The first-order chi connectivity index (χ1) is 9.10. The van der Waals surface area contributed by atoms with Gasteiger partial charge in [-0.2, -0.15) is 4.39 Å². The number of rotatable bonds is 4. The second kappa shape index (κ2) is 6.02. The van der Waals surface area contributed by atoms with Gasteiger partial charge < -0.3 is 10.4 Å². The molecule has 1 heterocycles. The minimum Gasteiger partial charge on any atom is -0.508 e. The summed E-state index contributed by atoms with van der Waals surface area (Å²) in [7, 11) is 0. The molecule has 100 valence electrons. The van der Waals surface area contributed by atoms with Gasteiger partial charge in [0.05, 0.1) is 17.9 Å². The molecule has 0 aliphatic carbocycles. The number of nitrogens with one attached hydrogen (secondary N) is 1. The lowest BCUT2D eigenvalue weighted by Gasteiger charge is -2.19. The van der Waals surface area contributed by atoms with Gasteiger partial charge in [-0.3, -0.25) is 0 Å². The standard InChI is InChI=1S/C14H14BrFN2O/c1-2-12(11-7-9(15)3-5-13(11)19)18-10-4-6-14(16)17-8-10/h3-8,12,18-19H,2H2,1H3. The molecular weight excluding hydrogens is 311 g/mol. The van der Waals surface area contributed by atoms with Gasteiger partial charge in [0.15, 0.2) is 0 Å². The van der Waals surface area contributed by atoms with Gasteiger partial charge in [0.2, 0.25) is 5.95 Å². The highest BCUT2D eigenvalue weighted by Gasteiger charge is 2.14. The Hall–Kier alpha value is -1.62. The highest BCUT2D eigenvalue weighted by Crippen LogP contribution is 2.31. The monoisotopic (exact) mass is 324 g/mol. The van der Waals surface area contributed by atoms with Crippen LogP contribution in [0.4, 0.5) is 10.1 Å². The second-order valence-electron chi connectivity index (χ2n) is 4.18. The molecular formula is C14H14BrFN2O. The van der Waals surface area contributed by atoms with Crippen molar-refractivity contribution in [1.82, 2.24) is 4.98 Å². The van der Waals surface area contributed by atoms with E-state index in [-0.39, 0.29) is 11.8 Å². The van der Waals surface area contributed by atoms with Crippen molar-refractivity contribution in [2.24, 2.45) is 0 Å². The number of anilines is 1. The van der Waals surface area contributed by atoms with Gasteiger partial charge >= 0.3 is 0 Å². The highest BCUT2D eigenvalue weighted by atomic mass is 79.9. The van der Waals surface area contributed by atoms with E-state index in [9.17, 15) is 9.50 Å². The number of hydrogen-bond donors (Lipinski definition) is 2. The maximum Gasteiger partial charge on any atom is 0.212 e. The van der Waals surface area contributed by atoms with Gasteiger partial charge in [0.25, 0.3) is 0 Å². The summed E-state index contributed by atoms with van der Waals surface area (Å²) in [6.07, 6.45) is 2.22. The van der Waals surface area contributed by atoms with Gasteiger partial charge in [-0.1, -0.05) is 22.9 Å². The van der Waals surface area contributed by atoms with Gasteiger partial charge in [0.1, 0.15) is 5.75 Å². The molecule has 19 heavy (non-hydrogen) atoms. The van der Waals surface area contributed by atoms with Crippen LogP contribution >= 0.6 is 15.9 Å². The summed E-state index contributed by atoms with van der Waals surface area (Å²) in [5.41, 5.74) is 1.51. The van der Waals surface area contributed by atoms with Crippen LogP contribution in [-0.2, 0) is 0 Å². The molecule has 5 heteroatoms. The highest BCUT2D eigenvalue weighted by molar-refractivity contribution is 9.10. The summed E-state index contributed by atoms with van der Waals surface area (Å²) in [6, 6.07) is 8.16. The minimum absolute atomic E-state index is 0.0650. The second-order valence-corrected chi connectivity index (χ2v) is 5.09. The van der Waals surface area contributed by atoms with Gasteiger partial charge in [-0.05, 0) is 36.8 Å². The Balaban J connectivity index is 2.24. The van der Waals surface area contributed by atoms with Crippen molar-refractivity contribution >= 4 is 21.6 Å². The average Bonchev–Trinajstić information content (AvgIpc) is 2.41. The van der Waals surface area contributed by atoms with Crippen molar-refractivity contribution < 1.29 is 9.50 Å². The topological polar surface area (TPSA) is 45.2 Å². The summed E-state index contributed by atoms with van der Waals surface area (Å²) in [5.74, 6) is -0.276. The van der Waals surface area contributed by atoms with Crippen LogP contribution in [0.25, 0.3) is 0 Å². The summed E-state index contributed by atoms with van der Waals surface area (Å²) < 4.78 is 13.7. The lowest BCUT2D eigenvalue weighted by atomic mass is 10.0. The Labute approximate surface area is 119 Å². The number of pyridine rings is 1. The normalized spacial score (nSPS) is 12.2. The number of halogens is 2. The molecule has 2 rings (SSSR count). The maximum absolute atomic E-state index is 12.8. The zero-order chi connectivity index (χ0) is 13.8. The van der Waals surface area contributed by atoms with E-state index >= 15 is 0 Å². The molecule has 1 aromatic heterocycles. The molecule has 0 spiro atoms. The predicted molar refractivity (Wildman–Crippen MR) is 76.7 cm³/mol. The molecule has 0 fully saturated rings. The molecule has 0 aliphatic heterocycles. The Kier molecular flexibility index (Phi) is 4.37. The van der Waals surface area contributed by atoms with E-state index in [0.717, 1.165) is 16.5 Å². The Morgan fingerprint density at radius 1 is 1.37 bits per heavy atom. The Morgan fingerprint density at radius 2 is 2.16 bits per heavy atom. The minimum atomic E-state index is -0.510. The third kappa shape index (κ3) is 3.44. The van der Waals surface area contributed by atoms with Crippen molar-refractivity contribution in [3.63, 3.8) is 0 Å². The van der Waals surface area contributed by atoms with Crippen LogP contribution < -0.4 is 5.32 Å². The number of aromatic nitrogens is 1. The molecule has 1 atom stereocenters. The summed E-state index contributed by atoms with van der Waals surface area (Å²) in [6.45, 7) is 2.01. The molecule has 2 aromatic rings. The van der Waals surface area contributed by atoms with Crippen molar-refractivity contribution in [2.45, 2.75) is 19.4 Å². The van der Waals surface area contributed by atoms with Crippen LogP contribution in [-0.4, -0.2) is 10.1 Å². The summed E-state index contributed by atoms with van der Waals surface area (Å²) >= 11 is 3.39. The molecule has 0 radical (unpaired) electrons. The number of benzene rings is 1. The number of nitrogens with zero attached hydrogens (tertiary/aromatic N) is 1. The van der Waals surface area contributed by atoms with E-state index in [1.807, 2.05) is 13.0 Å². The predicted octanol–water partition coefficient (Wildman–Crippen LogP) is 4.25. The molecule has 0 bridgehead atoms. The average molecular weight is 325 g/mol. The third-order valence-corrected chi connectivity index (χ3v) is 3.33. The van der Waals surface area contributed by atoms with E-state index in [4.69, 9.17) is 0 Å². The smallest absolute Gasteiger partial charge is 0.212 e. The molecule has 1 unspecified atom stereocenters. The van der Waals surface area contributed by atoms with Gasteiger partial charge in [0, 0.05) is 10.0 Å². The van der Waals surface area contributed by atoms with Crippen molar-refractivity contribution in [1.29, 1.82) is 0 Å². The fourth-order valence-corrected chi connectivity index (χ4v) is 2.25. The first-order valence-corrected chi connectivity index (χ1v) is 6.76. The fraction of sp³-hybridized carbons (Fsp3) is 0.214. The van der Waals surface area contributed by atoms with Crippen LogP contribution in [0.5, 0.6) is 5.75 Å². The molecule has 1 aromatic carbocycles. The third-order valence-electron chi connectivity index (χ3n) is 2.84. The first-order valence-electron chi connectivity index (χ1n) is 5.96. The van der Waals surface area contributed by atoms with Crippen molar-refractivity contribution in [3.8, 4) is 5.75 Å². The van der Waals surface area contributed by atoms with Crippen LogP contribution in [0, 0.1) is 5.95 Å². The number of phenolic OH excluding ortho intramolecular Hbond substituents is 1. The molecule has 0 saturated heterocycles.